The van der Waals surface area contributed by atoms with Crippen LogP contribution in [0.2, 0.25) is 5.02 Å². The molecule has 0 unspecified atom stereocenters. The van der Waals surface area contributed by atoms with Gasteiger partial charge in [-0.3, -0.25) is 0 Å². The summed E-state index contributed by atoms with van der Waals surface area (Å²) in [6.45, 7) is 2.80. The van der Waals surface area contributed by atoms with Gasteiger partial charge in [0.05, 0.1) is 6.61 Å². The normalized spacial score (nSPS) is 10.2. The highest BCUT2D eigenvalue weighted by molar-refractivity contribution is 7.80. The van der Waals surface area contributed by atoms with Gasteiger partial charge in [0.25, 0.3) is 0 Å². The van der Waals surface area contributed by atoms with Crippen LogP contribution in [0.25, 0.3) is 0 Å². The first-order chi connectivity index (χ1) is 6.77. The van der Waals surface area contributed by atoms with Gasteiger partial charge in [-0.1, -0.05) is 18.5 Å². The van der Waals surface area contributed by atoms with Crippen LogP contribution >= 0.6 is 24.2 Å². The molecule has 0 heterocycles. The van der Waals surface area contributed by atoms with E-state index in [1.165, 1.54) is 0 Å². The maximum atomic E-state index is 5.99. The Kier molecular flexibility index (Phi) is 5.20. The van der Waals surface area contributed by atoms with Crippen LogP contribution in [-0.4, -0.2) is 12.4 Å². The molecule has 0 spiro atoms. The van der Waals surface area contributed by atoms with E-state index >= 15 is 0 Å². The largest absolute Gasteiger partial charge is 0.494 e. The molecule has 1 aromatic carbocycles. The van der Waals surface area contributed by atoms with Crippen molar-refractivity contribution in [3.8, 4) is 5.75 Å². The zero-order valence-corrected chi connectivity index (χ0v) is 9.94. The van der Waals surface area contributed by atoms with E-state index in [2.05, 4.69) is 19.6 Å². The number of benzene rings is 1. The lowest BCUT2D eigenvalue weighted by Gasteiger charge is -2.07. The van der Waals surface area contributed by atoms with Crippen molar-refractivity contribution >= 4 is 24.2 Å². The van der Waals surface area contributed by atoms with Crippen LogP contribution in [0.4, 0.5) is 0 Å². The van der Waals surface area contributed by atoms with Crippen LogP contribution in [0, 0.1) is 0 Å². The Morgan fingerprint density at radius 3 is 2.86 bits per heavy atom. The maximum absolute atomic E-state index is 5.99. The van der Waals surface area contributed by atoms with Crippen LogP contribution in [-0.2, 0) is 6.42 Å². The summed E-state index contributed by atoms with van der Waals surface area (Å²) in [7, 11) is 0. The lowest BCUT2D eigenvalue weighted by molar-refractivity contribution is 0.318. The number of hydrogen-bond acceptors (Lipinski definition) is 2. The van der Waals surface area contributed by atoms with Crippen molar-refractivity contribution in [3.05, 3.63) is 28.8 Å². The van der Waals surface area contributed by atoms with E-state index in [4.69, 9.17) is 16.3 Å². The molecule has 1 nitrogen and oxygen atoms in total. The lowest BCUT2D eigenvalue weighted by Crippen LogP contribution is -1.98. The minimum Gasteiger partial charge on any atom is -0.494 e. The number of rotatable bonds is 5. The summed E-state index contributed by atoms with van der Waals surface area (Å²) in [5.41, 5.74) is 1.13. The highest BCUT2D eigenvalue weighted by Gasteiger charge is 2.00. The van der Waals surface area contributed by atoms with E-state index in [9.17, 15) is 0 Å². The first kappa shape index (κ1) is 11.7. The number of hydrogen-bond donors (Lipinski definition) is 1. The fraction of sp³-hybridized carbons (Fsp3) is 0.455. The summed E-state index contributed by atoms with van der Waals surface area (Å²) >= 11 is 10.1. The monoisotopic (exact) mass is 230 g/mol. The van der Waals surface area contributed by atoms with Gasteiger partial charge in [-0.2, -0.15) is 12.6 Å². The van der Waals surface area contributed by atoms with E-state index in [-0.39, 0.29) is 0 Å². The molecule has 0 aromatic heterocycles. The van der Waals surface area contributed by atoms with Gasteiger partial charge in [0, 0.05) is 5.02 Å². The second-order valence-corrected chi connectivity index (χ2v) is 3.89. The highest BCUT2D eigenvalue weighted by Crippen LogP contribution is 2.22. The summed E-state index contributed by atoms with van der Waals surface area (Å²) < 4.78 is 5.54. The Morgan fingerprint density at radius 2 is 2.21 bits per heavy atom. The van der Waals surface area contributed by atoms with Crippen LogP contribution < -0.4 is 4.74 Å². The fourth-order valence-electron chi connectivity index (χ4n) is 1.17. The van der Waals surface area contributed by atoms with Gasteiger partial charge < -0.3 is 4.74 Å². The van der Waals surface area contributed by atoms with Crippen molar-refractivity contribution < 1.29 is 4.74 Å². The first-order valence-corrected chi connectivity index (χ1v) is 5.81. The molecule has 1 aromatic rings. The molecule has 0 atom stereocenters. The molecule has 0 aliphatic rings. The van der Waals surface area contributed by atoms with Gasteiger partial charge in [-0.15, -0.1) is 0 Å². The van der Waals surface area contributed by atoms with E-state index < -0.39 is 0 Å². The van der Waals surface area contributed by atoms with Gasteiger partial charge in [0.15, 0.2) is 0 Å². The van der Waals surface area contributed by atoms with Crippen LogP contribution in [0.15, 0.2) is 18.2 Å². The summed E-state index contributed by atoms with van der Waals surface area (Å²) in [5, 5.41) is 0.814. The summed E-state index contributed by atoms with van der Waals surface area (Å²) in [4.78, 5) is 0. The third kappa shape index (κ3) is 3.43. The molecule has 0 fully saturated rings. The van der Waals surface area contributed by atoms with Crippen molar-refractivity contribution in [3.63, 3.8) is 0 Å². The van der Waals surface area contributed by atoms with Gasteiger partial charge in [0.2, 0.25) is 0 Å². The van der Waals surface area contributed by atoms with E-state index in [0.717, 1.165) is 34.9 Å². The molecule has 78 valence electrons. The number of ether oxygens (including phenoxy) is 1. The van der Waals surface area contributed by atoms with Gasteiger partial charge in [-0.05, 0) is 42.4 Å². The number of aryl methyl sites for hydroxylation is 1. The molecule has 14 heavy (non-hydrogen) atoms. The average Bonchev–Trinajstić information content (AvgIpc) is 2.21. The Balaban J connectivity index is 2.60. The smallest absolute Gasteiger partial charge is 0.119 e. The van der Waals surface area contributed by atoms with Gasteiger partial charge >= 0.3 is 0 Å². The zero-order valence-electron chi connectivity index (χ0n) is 8.29. The molecule has 1 rings (SSSR count). The molecule has 0 N–H and O–H groups in total. The van der Waals surface area contributed by atoms with Crippen LogP contribution in [0.1, 0.15) is 18.9 Å². The predicted molar refractivity (Wildman–Crippen MR) is 64.8 cm³/mol. The van der Waals surface area contributed by atoms with Gasteiger partial charge in [0.1, 0.15) is 5.75 Å². The Labute approximate surface area is 95.8 Å². The van der Waals surface area contributed by atoms with E-state index in [1.807, 2.05) is 18.2 Å². The minimum absolute atomic E-state index is 0.717. The van der Waals surface area contributed by atoms with Crippen LogP contribution in [0.5, 0.6) is 5.75 Å². The van der Waals surface area contributed by atoms with Crippen molar-refractivity contribution in [2.45, 2.75) is 19.8 Å². The fourth-order valence-corrected chi connectivity index (χ4v) is 1.55. The minimum atomic E-state index is 0.717. The maximum Gasteiger partial charge on any atom is 0.119 e. The van der Waals surface area contributed by atoms with Crippen molar-refractivity contribution in [2.24, 2.45) is 0 Å². The van der Waals surface area contributed by atoms with E-state index in [0.29, 0.717) is 6.61 Å². The second-order valence-electron chi connectivity index (χ2n) is 3.03. The van der Waals surface area contributed by atoms with Crippen molar-refractivity contribution in [1.29, 1.82) is 0 Å². The summed E-state index contributed by atoms with van der Waals surface area (Å²) in [6.07, 6.45) is 1.90. The molecule has 0 saturated heterocycles. The molecule has 0 radical (unpaired) electrons. The molecule has 0 aliphatic heterocycles. The standard InChI is InChI=1S/C11H15ClOS/c1-2-9-8-10(4-5-11(9)12)13-6-3-7-14/h4-5,8,14H,2-3,6-7H2,1H3. The zero-order chi connectivity index (χ0) is 10.4. The quantitative estimate of drug-likeness (QED) is 0.601. The second kappa shape index (κ2) is 6.20. The summed E-state index contributed by atoms with van der Waals surface area (Å²) in [6, 6.07) is 5.79. The number of halogens is 1. The average molecular weight is 231 g/mol. The highest BCUT2D eigenvalue weighted by atomic mass is 35.5. The van der Waals surface area contributed by atoms with Crippen molar-refractivity contribution in [2.75, 3.05) is 12.4 Å². The molecule has 0 bridgehead atoms. The Hall–Kier alpha value is -0.340. The Bertz CT molecular complexity index is 289. The third-order valence-corrected chi connectivity index (χ3v) is 2.65. The molecule has 3 heteroatoms. The SMILES string of the molecule is CCc1cc(OCCCS)ccc1Cl. The number of thiol groups is 1. The molecular formula is C11H15ClOS. The molecular weight excluding hydrogens is 216 g/mol. The lowest BCUT2D eigenvalue weighted by atomic mass is 10.1. The van der Waals surface area contributed by atoms with E-state index in [1.54, 1.807) is 0 Å². The third-order valence-electron chi connectivity index (χ3n) is 1.97. The first-order valence-electron chi connectivity index (χ1n) is 4.80. The Morgan fingerprint density at radius 1 is 1.43 bits per heavy atom. The van der Waals surface area contributed by atoms with Gasteiger partial charge in [-0.25, -0.2) is 0 Å². The van der Waals surface area contributed by atoms with Crippen LogP contribution in [0.3, 0.4) is 0 Å². The molecule has 0 aliphatic carbocycles. The summed E-state index contributed by atoms with van der Waals surface area (Å²) in [5.74, 6) is 1.75. The topological polar surface area (TPSA) is 9.23 Å². The van der Waals surface area contributed by atoms with Crippen molar-refractivity contribution in [1.82, 2.24) is 0 Å². The molecule has 0 saturated carbocycles. The predicted octanol–water partition coefficient (Wildman–Crippen LogP) is 3.60. The molecule has 0 amide bonds.